The van der Waals surface area contributed by atoms with Crippen LogP contribution in [0.25, 0.3) is 0 Å². The molecule has 0 atom stereocenters. The average Bonchev–Trinajstić information content (AvgIpc) is 2.12. The van der Waals surface area contributed by atoms with Gasteiger partial charge in [-0.3, -0.25) is 0 Å². The molecule has 15 heavy (non-hydrogen) atoms. The van der Waals surface area contributed by atoms with Gasteiger partial charge in [-0.2, -0.15) is 0 Å². The molecule has 1 aromatic rings. The van der Waals surface area contributed by atoms with Gasteiger partial charge in [0, 0.05) is 11.1 Å². The second-order valence-electron chi connectivity index (χ2n) is 3.94. The Morgan fingerprint density at radius 3 is 2.40 bits per heavy atom. The summed E-state index contributed by atoms with van der Waals surface area (Å²) in [4.78, 5) is 0. The van der Waals surface area contributed by atoms with Gasteiger partial charge >= 0.3 is 0 Å². The number of halogens is 2. The summed E-state index contributed by atoms with van der Waals surface area (Å²) in [6.07, 6.45) is 0. The van der Waals surface area contributed by atoms with Crippen molar-refractivity contribution in [1.29, 1.82) is 0 Å². The zero-order chi connectivity index (χ0) is 11.8. The van der Waals surface area contributed by atoms with Crippen molar-refractivity contribution >= 4 is 11.6 Å². The van der Waals surface area contributed by atoms with Gasteiger partial charge in [-0.05, 0) is 26.8 Å². The van der Waals surface area contributed by atoms with Crippen LogP contribution < -0.4 is 4.74 Å². The van der Waals surface area contributed by atoms with Gasteiger partial charge in [0.05, 0.1) is 17.7 Å². The highest BCUT2D eigenvalue weighted by atomic mass is 35.5. The van der Waals surface area contributed by atoms with E-state index in [1.54, 1.807) is 20.8 Å². The molecule has 1 rings (SSSR count). The number of benzene rings is 1. The van der Waals surface area contributed by atoms with Crippen LogP contribution >= 0.6 is 11.6 Å². The van der Waals surface area contributed by atoms with Gasteiger partial charge in [-0.15, -0.1) is 0 Å². The van der Waals surface area contributed by atoms with E-state index in [0.29, 0.717) is 16.9 Å². The highest BCUT2D eigenvalue weighted by molar-refractivity contribution is 6.31. The molecule has 2 nitrogen and oxygen atoms in total. The minimum atomic E-state index is -1.12. The summed E-state index contributed by atoms with van der Waals surface area (Å²) in [6.45, 7) is 4.76. The summed E-state index contributed by atoms with van der Waals surface area (Å²) in [7, 11) is 1.44. The van der Waals surface area contributed by atoms with Crippen molar-refractivity contribution in [2.24, 2.45) is 0 Å². The Bertz CT molecular complexity index is 383. The summed E-state index contributed by atoms with van der Waals surface area (Å²) in [5.41, 5.74) is -0.330. The molecule has 0 heterocycles. The van der Waals surface area contributed by atoms with E-state index < -0.39 is 11.4 Å². The standard InChI is InChI=1S/C11H14ClFO2/c1-6-9(13)8(12)5-7(10(6)15-4)11(2,3)14/h5,14H,1-4H3. The van der Waals surface area contributed by atoms with Crippen molar-refractivity contribution in [3.8, 4) is 5.75 Å². The largest absolute Gasteiger partial charge is 0.496 e. The first-order valence-corrected chi connectivity index (χ1v) is 4.92. The molecule has 1 N–H and O–H groups in total. The predicted molar refractivity (Wildman–Crippen MR) is 57.9 cm³/mol. The summed E-state index contributed by atoms with van der Waals surface area (Å²) < 4.78 is 18.5. The lowest BCUT2D eigenvalue weighted by Gasteiger charge is -2.22. The van der Waals surface area contributed by atoms with Gasteiger partial charge in [-0.1, -0.05) is 11.6 Å². The molecule has 84 valence electrons. The average molecular weight is 233 g/mol. The van der Waals surface area contributed by atoms with Crippen LogP contribution in [0.5, 0.6) is 5.75 Å². The Hall–Kier alpha value is -0.800. The lowest BCUT2D eigenvalue weighted by Crippen LogP contribution is -2.18. The normalized spacial score (nSPS) is 11.7. The van der Waals surface area contributed by atoms with E-state index >= 15 is 0 Å². The number of hydrogen-bond donors (Lipinski definition) is 1. The highest BCUT2D eigenvalue weighted by Crippen LogP contribution is 2.36. The summed E-state index contributed by atoms with van der Waals surface area (Å²) in [5, 5.41) is 9.87. The van der Waals surface area contributed by atoms with Crippen LogP contribution in [0.1, 0.15) is 25.0 Å². The molecule has 0 saturated heterocycles. The van der Waals surface area contributed by atoms with Gasteiger partial charge in [0.2, 0.25) is 0 Å². The maximum absolute atomic E-state index is 13.5. The summed E-state index contributed by atoms with van der Waals surface area (Å²) >= 11 is 5.71. The Morgan fingerprint density at radius 1 is 1.47 bits per heavy atom. The van der Waals surface area contributed by atoms with Crippen LogP contribution in [0.15, 0.2) is 6.07 Å². The van der Waals surface area contributed by atoms with E-state index in [4.69, 9.17) is 16.3 Å². The van der Waals surface area contributed by atoms with E-state index in [2.05, 4.69) is 0 Å². The van der Waals surface area contributed by atoms with Crippen LogP contribution in [0.3, 0.4) is 0 Å². The van der Waals surface area contributed by atoms with Gasteiger partial charge in [-0.25, -0.2) is 4.39 Å². The van der Waals surface area contributed by atoms with E-state index in [0.717, 1.165) is 0 Å². The third-order valence-electron chi connectivity index (χ3n) is 2.26. The van der Waals surface area contributed by atoms with Crippen LogP contribution in [0, 0.1) is 12.7 Å². The van der Waals surface area contributed by atoms with E-state index in [1.807, 2.05) is 0 Å². The van der Waals surface area contributed by atoms with Crippen LogP contribution in [-0.2, 0) is 5.60 Å². The lowest BCUT2D eigenvalue weighted by molar-refractivity contribution is 0.0754. The monoisotopic (exact) mass is 232 g/mol. The topological polar surface area (TPSA) is 29.5 Å². The molecule has 0 aliphatic rings. The van der Waals surface area contributed by atoms with E-state index in [1.165, 1.54) is 13.2 Å². The Morgan fingerprint density at radius 2 is 2.00 bits per heavy atom. The fraction of sp³-hybridized carbons (Fsp3) is 0.455. The maximum Gasteiger partial charge on any atom is 0.148 e. The Kier molecular flexibility index (Phi) is 3.26. The molecule has 0 aliphatic carbocycles. The summed E-state index contributed by atoms with van der Waals surface area (Å²) in [5.74, 6) is -0.175. The highest BCUT2D eigenvalue weighted by Gasteiger charge is 2.25. The number of rotatable bonds is 2. The number of methoxy groups -OCH3 is 1. The minimum Gasteiger partial charge on any atom is -0.496 e. The third kappa shape index (κ3) is 2.24. The van der Waals surface area contributed by atoms with Gasteiger partial charge in [0.25, 0.3) is 0 Å². The minimum absolute atomic E-state index is 0.00887. The van der Waals surface area contributed by atoms with Crippen LogP contribution in [0.4, 0.5) is 4.39 Å². The number of hydrogen-bond acceptors (Lipinski definition) is 2. The SMILES string of the molecule is COc1c(C(C)(C)O)cc(Cl)c(F)c1C. The molecule has 0 unspecified atom stereocenters. The molecule has 0 aromatic heterocycles. The van der Waals surface area contributed by atoms with Gasteiger partial charge in [0.15, 0.2) is 0 Å². The quantitative estimate of drug-likeness (QED) is 0.850. The molecule has 4 heteroatoms. The fourth-order valence-corrected chi connectivity index (χ4v) is 1.70. The molecule has 0 radical (unpaired) electrons. The van der Waals surface area contributed by atoms with Crippen molar-refractivity contribution in [2.45, 2.75) is 26.4 Å². The van der Waals surface area contributed by atoms with E-state index in [-0.39, 0.29) is 5.02 Å². The molecule has 0 bridgehead atoms. The Labute approximate surface area is 93.6 Å². The van der Waals surface area contributed by atoms with Gasteiger partial charge < -0.3 is 9.84 Å². The van der Waals surface area contributed by atoms with Crippen molar-refractivity contribution in [3.63, 3.8) is 0 Å². The first-order valence-electron chi connectivity index (χ1n) is 4.54. The van der Waals surface area contributed by atoms with Crippen molar-refractivity contribution < 1.29 is 14.2 Å². The lowest BCUT2D eigenvalue weighted by atomic mass is 9.95. The zero-order valence-electron chi connectivity index (χ0n) is 9.19. The van der Waals surface area contributed by atoms with E-state index in [9.17, 15) is 9.50 Å². The molecule has 0 saturated carbocycles. The molecular weight excluding hydrogens is 219 g/mol. The third-order valence-corrected chi connectivity index (χ3v) is 2.53. The summed E-state index contributed by atoms with van der Waals surface area (Å²) in [6, 6.07) is 1.39. The first-order chi connectivity index (χ1) is 6.79. The second-order valence-corrected chi connectivity index (χ2v) is 4.34. The van der Waals surface area contributed by atoms with Crippen molar-refractivity contribution in [2.75, 3.05) is 7.11 Å². The molecular formula is C11H14ClFO2. The van der Waals surface area contributed by atoms with Crippen molar-refractivity contribution in [1.82, 2.24) is 0 Å². The molecule has 0 amide bonds. The number of aliphatic hydroxyl groups is 1. The van der Waals surface area contributed by atoms with Crippen LogP contribution in [0.2, 0.25) is 5.02 Å². The van der Waals surface area contributed by atoms with Gasteiger partial charge in [0.1, 0.15) is 11.6 Å². The molecule has 1 aromatic carbocycles. The number of ether oxygens (including phenoxy) is 1. The predicted octanol–water partition coefficient (Wildman–Crippen LogP) is 3.02. The zero-order valence-corrected chi connectivity index (χ0v) is 9.94. The second kappa shape index (κ2) is 3.99. The molecule has 0 spiro atoms. The van der Waals surface area contributed by atoms with Crippen LogP contribution in [-0.4, -0.2) is 12.2 Å². The maximum atomic E-state index is 13.5. The van der Waals surface area contributed by atoms with Crippen molar-refractivity contribution in [3.05, 3.63) is 28.0 Å². The fourth-order valence-electron chi connectivity index (χ4n) is 1.45. The smallest absolute Gasteiger partial charge is 0.148 e. The Balaban J connectivity index is 3.53. The molecule has 0 fully saturated rings. The molecule has 0 aliphatic heterocycles. The first kappa shape index (κ1) is 12.3.